The fourth-order valence-electron chi connectivity index (χ4n) is 5.39. The Labute approximate surface area is 231 Å². The number of hydrogen-bond acceptors (Lipinski definition) is 9. The van der Waals surface area contributed by atoms with Crippen LogP contribution >= 0.6 is 0 Å². The molecule has 3 N–H and O–H groups in total. The van der Waals surface area contributed by atoms with Gasteiger partial charge in [0.25, 0.3) is 15.6 Å². The van der Waals surface area contributed by atoms with Gasteiger partial charge in [-0.1, -0.05) is 18.2 Å². The molecule has 4 heterocycles. The minimum Gasteiger partial charge on any atom is -0.372 e. The van der Waals surface area contributed by atoms with Crippen LogP contribution < -0.4 is 25.8 Å². The molecular formula is C28H28N8O3S. The highest BCUT2D eigenvalue weighted by atomic mass is 32.2. The van der Waals surface area contributed by atoms with Gasteiger partial charge >= 0.3 is 0 Å². The Balaban J connectivity index is 1.35. The number of nitriles is 1. The van der Waals surface area contributed by atoms with E-state index in [0.29, 0.717) is 17.1 Å². The molecule has 2 aliphatic heterocycles. The second-order valence-corrected chi connectivity index (χ2v) is 11.9. The van der Waals surface area contributed by atoms with Crippen LogP contribution in [0.3, 0.4) is 0 Å². The molecule has 0 aliphatic carbocycles. The summed E-state index contributed by atoms with van der Waals surface area (Å²) in [4.78, 5) is 24.6. The van der Waals surface area contributed by atoms with Crippen molar-refractivity contribution in [2.45, 2.75) is 30.7 Å². The molecule has 1 unspecified atom stereocenters. The van der Waals surface area contributed by atoms with Crippen LogP contribution in [0, 0.1) is 11.3 Å². The van der Waals surface area contributed by atoms with Gasteiger partial charge < -0.3 is 15.5 Å². The average Bonchev–Trinajstić information content (AvgIpc) is 2.97. The second-order valence-electron chi connectivity index (χ2n) is 10.0. The van der Waals surface area contributed by atoms with Crippen molar-refractivity contribution in [3.63, 3.8) is 0 Å². The van der Waals surface area contributed by atoms with E-state index < -0.39 is 21.0 Å². The fourth-order valence-corrected chi connectivity index (χ4v) is 6.90. The number of benzene rings is 2. The lowest BCUT2D eigenvalue weighted by Gasteiger charge is -2.33. The van der Waals surface area contributed by atoms with Crippen LogP contribution in [-0.4, -0.2) is 49.1 Å². The first-order valence-corrected chi connectivity index (χ1v) is 14.6. The number of pyridine rings is 1. The van der Waals surface area contributed by atoms with Crippen LogP contribution in [0.2, 0.25) is 0 Å². The summed E-state index contributed by atoms with van der Waals surface area (Å²) in [5.74, 6) is 0.200. The molecule has 1 fully saturated rings. The number of fused-ring (bicyclic) bond motifs is 2. The molecule has 0 amide bonds. The molecule has 1 atom stereocenters. The van der Waals surface area contributed by atoms with Crippen LogP contribution in [0.1, 0.15) is 29.3 Å². The van der Waals surface area contributed by atoms with Gasteiger partial charge in [-0.2, -0.15) is 10.2 Å². The van der Waals surface area contributed by atoms with Gasteiger partial charge in [-0.3, -0.25) is 14.1 Å². The lowest BCUT2D eigenvalue weighted by molar-refractivity contribution is 0.443. The first-order valence-electron chi connectivity index (χ1n) is 13.1. The summed E-state index contributed by atoms with van der Waals surface area (Å²) in [6.45, 7) is 2.03. The molecule has 204 valence electrons. The third kappa shape index (κ3) is 4.74. The van der Waals surface area contributed by atoms with Crippen molar-refractivity contribution in [3.05, 3.63) is 82.3 Å². The van der Waals surface area contributed by atoms with Crippen molar-refractivity contribution in [2.75, 3.05) is 35.1 Å². The zero-order valence-electron chi connectivity index (χ0n) is 21.8. The fraction of sp³-hybridized carbons (Fsp3) is 0.286. The van der Waals surface area contributed by atoms with Crippen LogP contribution in [0.5, 0.6) is 0 Å². The molecular weight excluding hydrogens is 528 g/mol. The van der Waals surface area contributed by atoms with Crippen LogP contribution in [-0.2, 0) is 16.4 Å². The van der Waals surface area contributed by atoms with Crippen molar-refractivity contribution in [1.82, 2.24) is 19.9 Å². The van der Waals surface area contributed by atoms with Gasteiger partial charge in [-0.25, -0.2) is 13.4 Å². The topological polar surface area (TPSA) is 145 Å². The number of sulfonamides is 1. The summed E-state index contributed by atoms with van der Waals surface area (Å²) in [7, 11) is -1.91. The zero-order chi connectivity index (χ0) is 27.9. The largest absolute Gasteiger partial charge is 0.372 e. The van der Waals surface area contributed by atoms with Gasteiger partial charge in [0.1, 0.15) is 17.3 Å². The van der Waals surface area contributed by atoms with Crippen LogP contribution in [0.15, 0.2) is 65.6 Å². The normalized spacial score (nSPS) is 18.4. The Morgan fingerprint density at radius 1 is 1.12 bits per heavy atom. The van der Waals surface area contributed by atoms with Gasteiger partial charge in [0.15, 0.2) is 5.37 Å². The highest BCUT2D eigenvalue weighted by Crippen LogP contribution is 2.33. The standard InChI is InChI=1S/C28H28N8O3S/c1-35(23-10-12-30-13-11-23)22-8-6-21(7-9-22)32-28-31-17-20-14-19(16-29)27(37)36(26(20)33-28)25-15-18-4-2-3-5-24(18)34-40(25,38)39/h2-9,14,17,23,25,30,34H,10-13,15H2,1H3,(H,31,32,33). The smallest absolute Gasteiger partial charge is 0.271 e. The molecule has 0 bridgehead atoms. The van der Waals surface area contributed by atoms with E-state index in [1.165, 1.54) is 12.3 Å². The van der Waals surface area contributed by atoms with Crippen molar-refractivity contribution in [1.29, 1.82) is 5.26 Å². The number of nitrogens with zero attached hydrogens (tertiary/aromatic N) is 5. The van der Waals surface area contributed by atoms with Gasteiger partial charge in [0.2, 0.25) is 5.95 Å². The quantitative estimate of drug-likeness (QED) is 0.338. The van der Waals surface area contributed by atoms with E-state index in [4.69, 9.17) is 0 Å². The number of aromatic nitrogens is 3. The molecule has 2 aromatic carbocycles. The molecule has 40 heavy (non-hydrogen) atoms. The summed E-state index contributed by atoms with van der Waals surface area (Å²) in [6.07, 6.45) is 3.72. The van der Waals surface area contributed by atoms with E-state index in [-0.39, 0.29) is 23.6 Å². The van der Waals surface area contributed by atoms with E-state index in [1.54, 1.807) is 18.2 Å². The first-order chi connectivity index (χ1) is 19.3. The van der Waals surface area contributed by atoms with Gasteiger partial charge in [0.05, 0.1) is 5.69 Å². The van der Waals surface area contributed by atoms with Crippen LogP contribution in [0.25, 0.3) is 11.0 Å². The number of anilines is 4. The van der Waals surface area contributed by atoms with Crippen LogP contribution in [0.4, 0.5) is 23.0 Å². The van der Waals surface area contributed by atoms with E-state index in [9.17, 15) is 18.5 Å². The van der Waals surface area contributed by atoms with Gasteiger partial charge in [-0.05, 0) is 67.9 Å². The number of para-hydroxylation sites is 1. The SMILES string of the molecule is CN(c1ccc(Nc2ncc3cc(C#N)c(=O)n(C4Cc5ccccc5NS4(=O)=O)c3n2)cc1)C1CCNCC1. The summed E-state index contributed by atoms with van der Waals surface area (Å²) in [5.41, 5.74) is 2.28. The maximum absolute atomic E-state index is 13.4. The van der Waals surface area contributed by atoms with Gasteiger partial charge in [-0.15, -0.1) is 0 Å². The molecule has 2 aliphatic rings. The zero-order valence-corrected chi connectivity index (χ0v) is 22.6. The summed E-state index contributed by atoms with van der Waals surface area (Å²) in [6, 6.07) is 18.7. The van der Waals surface area contributed by atoms with Crippen molar-refractivity contribution < 1.29 is 8.42 Å². The minimum absolute atomic E-state index is 0.0498. The van der Waals surface area contributed by atoms with Crippen molar-refractivity contribution in [3.8, 4) is 6.07 Å². The number of rotatable bonds is 5. The Bertz CT molecular complexity index is 1790. The predicted molar refractivity (Wildman–Crippen MR) is 154 cm³/mol. The van der Waals surface area contributed by atoms with Crippen molar-refractivity contribution >= 4 is 44.1 Å². The molecule has 1 saturated heterocycles. The molecule has 0 saturated carbocycles. The Morgan fingerprint density at radius 2 is 1.88 bits per heavy atom. The van der Waals surface area contributed by atoms with Gasteiger partial charge in [0, 0.05) is 42.5 Å². The minimum atomic E-state index is -4.01. The molecule has 2 aromatic heterocycles. The number of piperidine rings is 1. The summed E-state index contributed by atoms with van der Waals surface area (Å²) in [5, 5.41) is 15.2. The second kappa shape index (κ2) is 10.3. The summed E-state index contributed by atoms with van der Waals surface area (Å²) >= 11 is 0. The van der Waals surface area contributed by atoms with Crippen molar-refractivity contribution in [2.24, 2.45) is 0 Å². The number of hydrogen-bond donors (Lipinski definition) is 3. The van der Waals surface area contributed by atoms with E-state index in [2.05, 4.69) is 37.3 Å². The predicted octanol–water partition coefficient (Wildman–Crippen LogP) is 3.09. The molecule has 12 heteroatoms. The lowest BCUT2D eigenvalue weighted by atomic mass is 10.0. The molecule has 6 rings (SSSR count). The monoisotopic (exact) mass is 556 g/mol. The highest BCUT2D eigenvalue weighted by molar-refractivity contribution is 7.92. The molecule has 4 aromatic rings. The van der Waals surface area contributed by atoms with E-state index >= 15 is 0 Å². The molecule has 0 radical (unpaired) electrons. The summed E-state index contributed by atoms with van der Waals surface area (Å²) < 4.78 is 30.3. The highest BCUT2D eigenvalue weighted by Gasteiger charge is 2.35. The first kappa shape index (κ1) is 25.8. The molecule has 0 spiro atoms. The third-order valence-electron chi connectivity index (χ3n) is 7.59. The molecule has 11 nitrogen and oxygen atoms in total. The van der Waals surface area contributed by atoms with E-state index in [1.807, 2.05) is 36.4 Å². The third-order valence-corrected chi connectivity index (χ3v) is 9.19. The Hall–Kier alpha value is -4.47. The number of nitrogens with one attached hydrogen (secondary N) is 3. The lowest BCUT2D eigenvalue weighted by Crippen LogP contribution is -2.41. The maximum Gasteiger partial charge on any atom is 0.271 e. The Morgan fingerprint density at radius 3 is 2.62 bits per heavy atom. The Kier molecular flexibility index (Phi) is 6.61. The maximum atomic E-state index is 13.4. The average molecular weight is 557 g/mol. The van der Waals surface area contributed by atoms with E-state index in [0.717, 1.165) is 47.4 Å².